The van der Waals surface area contributed by atoms with Crippen LogP contribution in [0.2, 0.25) is 10.0 Å². The fourth-order valence-electron chi connectivity index (χ4n) is 2.40. The van der Waals surface area contributed by atoms with Crippen molar-refractivity contribution in [2.24, 2.45) is 5.41 Å². The molecule has 100 valence electrons. The average Bonchev–Trinajstić information content (AvgIpc) is 3.15. The summed E-state index contributed by atoms with van der Waals surface area (Å²) < 4.78 is 0. The molecule has 0 saturated heterocycles. The molecule has 1 nitrogen and oxygen atoms in total. The van der Waals surface area contributed by atoms with E-state index in [4.69, 9.17) is 23.2 Å². The van der Waals surface area contributed by atoms with Gasteiger partial charge in [-0.2, -0.15) is 0 Å². The molecule has 3 heteroatoms. The molecule has 1 aromatic carbocycles. The minimum Gasteiger partial charge on any atom is -0.309 e. The van der Waals surface area contributed by atoms with Crippen LogP contribution in [0.15, 0.2) is 18.2 Å². The molecule has 0 radical (unpaired) electrons. The second-order valence-corrected chi connectivity index (χ2v) is 6.18. The second kappa shape index (κ2) is 5.81. The van der Waals surface area contributed by atoms with Crippen LogP contribution < -0.4 is 5.32 Å². The predicted molar refractivity (Wildman–Crippen MR) is 79.5 cm³/mol. The molecule has 0 aromatic heterocycles. The van der Waals surface area contributed by atoms with Gasteiger partial charge in [0.2, 0.25) is 0 Å². The SMILES string of the molecule is CCC(NCC1(CC)CC1)c1ccc(Cl)c(Cl)c1. The van der Waals surface area contributed by atoms with Crippen LogP contribution in [0.4, 0.5) is 0 Å². The number of halogens is 2. The van der Waals surface area contributed by atoms with Gasteiger partial charge >= 0.3 is 0 Å². The van der Waals surface area contributed by atoms with Gasteiger partial charge in [-0.3, -0.25) is 0 Å². The number of benzene rings is 1. The summed E-state index contributed by atoms with van der Waals surface area (Å²) in [6, 6.07) is 6.32. The fraction of sp³-hybridized carbons (Fsp3) is 0.600. The lowest BCUT2D eigenvalue weighted by Gasteiger charge is -2.21. The summed E-state index contributed by atoms with van der Waals surface area (Å²) in [6.45, 7) is 5.60. The molecular weight excluding hydrogens is 265 g/mol. The Labute approximate surface area is 120 Å². The van der Waals surface area contributed by atoms with E-state index < -0.39 is 0 Å². The minimum absolute atomic E-state index is 0.379. The smallest absolute Gasteiger partial charge is 0.0595 e. The zero-order chi connectivity index (χ0) is 13.2. The molecule has 1 aliphatic rings. The first kappa shape index (κ1) is 14.2. The van der Waals surface area contributed by atoms with Crippen molar-refractivity contribution < 1.29 is 0 Å². The van der Waals surface area contributed by atoms with Crippen molar-refractivity contribution >= 4 is 23.2 Å². The van der Waals surface area contributed by atoms with Gasteiger partial charge in [0, 0.05) is 12.6 Å². The Morgan fingerprint density at radius 3 is 2.44 bits per heavy atom. The topological polar surface area (TPSA) is 12.0 Å². The van der Waals surface area contributed by atoms with E-state index in [0.717, 1.165) is 13.0 Å². The lowest BCUT2D eigenvalue weighted by molar-refractivity contribution is 0.399. The third kappa shape index (κ3) is 3.20. The maximum atomic E-state index is 6.08. The Kier molecular flexibility index (Phi) is 4.58. The summed E-state index contributed by atoms with van der Waals surface area (Å²) >= 11 is 12.0. The highest BCUT2D eigenvalue weighted by molar-refractivity contribution is 6.42. The third-order valence-electron chi connectivity index (χ3n) is 4.18. The highest BCUT2D eigenvalue weighted by Gasteiger charge is 2.40. The van der Waals surface area contributed by atoms with Crippen molar-refractivity contribution in [3.63, 3.8) is 0 Å². The van der Waals surface area contributed by atoms with Crippen molar-refractivity contribution in [1.29, 1.82) is 0 Å². The van der Waals surface area contributed by atoms with E-state index in [1.165, 1.54) is 24.8 Å². The molecule has 0 amide bonds. The van der Waals surface area contributed by atoms with Crippen LogP contribution in [0.1, 0.15) is 51.1 Å². The highest BCUT2D eigenvalue weighted by atomic mass is 35.5. The molecule has 0 aliphatic heterocycles. The molecular formula is C15H21Cl2N. The first-order valence-corrected chi connectivity index (χ1v) is 7.54. The van der Waals surface area contributed by atoms with Crippen LogP contribution in [-0.2, 0) is 0 Å². The zero-order valence-electron chi connectivity index (χ0n) is 11.1. The van der Waals surface area contributed by atoms with Crippen LogP contribution >= 0.6 is 23.2 Å². The Morgan fingerprint density at radius 2 is 1.94 bits per heavy atom. The van der Waals surface area contributed by atoms with E-state index in [0.29, 0.717) is 21.5 Å². The van der Waals surface area contributed by atoms with E-state index in [-0.39, 0.29) is 0 Å². The van der Waals surface area contributed by atoms with Crippen LogP contribution in [0.5, 0.6) is 0 Å². The van der Waals surface area contributed by atoms with Crippen LogP contribution in [0.3, 0.4) is 0 Å². The molecule has 1 fully saturated rings. The third-order valence-corrected chi connectivity index (χ3v) is 4.92. The summed E-state index contributed by atoms with van der Waals surface area (Å²) in [4.78, 5) is 0. The molecule has 0 heterocycles. The van der Waals surface area contributed by atoms with Crippen molar-refractivity contribution in [2.45, 2.75) is 45.6 Å². The maximum absolute atomic E-state index is 6.08. The molecule has 0 bridgehead atoms. The molecule has 0 spiro atoms. The standard InChI is InChI=1S/C15H21Cl2N/c1-3-14(18-10-15(4-2)7-8-15)11-5-6-12(16)13(17)9-11/h5-6,9,14,18H,3-4,7-8,10H2,1-2H3. The van der Waals surface area contributed by atoms with Gasteiger partial charge in [0.25, 0.3) is 0 Å². The monoisotopic (exact) mass is 285 g/mol. The maximum Gasteiger partial charge on any atom is 0.0595 e. The lowest BCUT2D eigenvalue weighted by Crippen LogP contribution is -2.27. The number of hydrogen-bond donors (Lipinski definition) is 1. The molecule has 1 N–H and O–H groups in total. The zero-order valence-corrected chi connectivity index (χ0v) is 12.6. The van der Waals surface area contributed by atoms with Crippen molar-refractivity contribution in [3.05, 3.63) is 33.8 Å². The largest absolute Gasteiger partial charge is 0.309 e. The molecule has 1 saturated carbocycles. The molecule has 1 atom stereocenters. The number of hydrogen-bond acceptors (Lipinski definition) is 1. The van der Waals surface area contributed by atoms with Crippen LogP contribution in [0, 0.1) is 5.41 Å². The molecule has 1 aromatic rings. The van der Waals surface area contributed by atoms with E-state index >= 15 is 0 Å². The van der Waals surface area contributed by atoms with Crippen LogP contribution in [0.25, 0.3) is 0 Å². The highest BCUT2D eigenvalue weighted by Crippen LogP contribution is 2.48. The minimum atomic E-state index is 0.379. The Bertz CT molecular complexity index is 413. The van der Waals surface area contributed by atoms with Crippen molar-refractivity contribution in [1.82, 2.24) is 5.32 Å². The van der Waals surface area contributed by atoms with Gasteiger partial charge in [0.15, 0.2) is 0 Å². The first-order chi connectivity index (χ1) is 8.60. The van der Waals surface area contributed by atoms with E-state index in [2.05, 4.69) is 25.2 Å². The van der Waals surface area contributed by atoms with Crippen molar-refractivity contribution in [2.75, 3.05) is 6.54 Å². The molecule has 18 heavy (non-hydrogen) atoms. The molecule has 2 rings (SSSR count). The van der Waals surface area contributed by atoms with Gasteiger partial charge in [0.05, 0.1) is 10.0 Å². The predicted octanol–water partition coefficient (Wildman–Crippen LogP) is 5.22. The quantitative estimate of drug-likeness (QED) is 0.755. The Balaban J connectivity index is 2.01. The fourth-order valence-corrected chi connectivity index (χ4v) is 2.71. The first-order valence-electron chi connectivity index (χ1n) is 6.78. The van der Waals surface area contributed by atoms with Gasteiger partial charge < -0.3 is 5.32 Å². The Hall–Kier alpha value is -0.240. The van der Waals surface area contributed by atoms with E-state index in [9.17, 15) is 0 Å². The van der Waals surface area contributed by atoms with Gasteiger partial charge in [0.1, 0.15) is 0 Å². The lowest BCUT2D eigenvalue weighted by atomic mass is 10.0. The number of nitrogens with one attached hydrogen (secondary N) is 1. The van der Waals surface area contributed by atoms with Gasteiger partial charge in [-0.1, -0.05) is 43.1 Å². The van der Waals surface area contributed by atoms with Gasteiger partial charge in [-0.25, -0.2) is 0 Å². The summed E-state index contributed by atoms with van der Waals surface area (Å²) in [6.07, 6.45) is 5.08. The second-order valence-electron chi connectivity index (χ2n) is 5.37. The summed E-state index contributed by atoms with van der Waals surface area (Å²) in [5.41, 5.74) is 1.81. The average molecular weight is 286 g/mol. The van der Waals surface area contributed by atoms with Gasteiger partial charge in [-0.15, -0.1) is 0 Å². The van der Waals surface area contributed by atoms with E-state index in [1.807, 2.05) is 12.1 Å². The van der Waals surface area contributed by atoms with E-state index in [1.54, 1.807) is 0 Å². The van der Waals surface area contributed by atoms with Crippen LogP contribution in [-0.4, -0.2) is 6.54 Å². The summed E-state index contributed by atoms with van der Waals surface area (Å²) in [7, 11) is 0. The summed E-state index contributed by atoms with van der Waals surface area (Å²) in [5, 5.41) is 4.96. The Morgan fingerprint density at radius 1 is 1.22 bits per heavy atom. The van der Waals surface area contributed by atoms with Gasteiger partial charge in [-0.05, 0) is 48.8 Å². The molecule has 1 aliphatic carbocycles. The normalized spacial score (nSPS) is 18.7. The summed E-state index contributed by atoms with van der Waals surface area (Å²) in [5.74, 6) is 0. The molecule has 1 unspecified atom stereocenters. The van der Waals surface area contributed by atoms with Crippen molar-refractivity contribution in [3.8, 4) is 0 Å². The number of rotatable bonds is 6.